The van der Waals surface area contributed by atoms with Gasteiger partial charge in [0.25, 0.3) is 0 Å². The van der Waals surface area contributed by atoms with Crippen LogP contribution in [0.5, 0.6) is 0 Å². The number of aromatic amines is 1. The Morgan fingerprint density at radius 2 is 1.08 bits per heavy atom. The van der Waals surface area contributed by atoms with Crippen LogP contribution in [-0.2, 0) is 0 Å². The maximum atomic E-state index is 3.21. The number of aromatic nitrogens is 2. The fourth-order valence-electron chi connectivity index (χ4n) is 3.82. The molecule has 1 N–H and O–H groups in total. The van der Waals surface area contributed by atoms with Gasteiger partial charge in [-0.15, -0.1) is 0 Å². The van der Waals surface area contributed by atoms with E-state index in [0.29, 0.717) is 6.04 Å². The summed E-state index contributed by atoms with van der Waals surface area (Å²) in [7, 11) is 0. The summed E-state index contributed by atoms with van der Waals surface area (Å²) < 4.78 is 2.40. The lowest BCUT2D eigenvalue weighted by Gasteiger charge is -2.13. The largest absolute Gasteiger partial charge is 0.250 e. The van der Waals surface area contributed by atoms with Crippen LogP contribution in [0.15, 0.2) is 18.7 Å². The molecule has 0 fully saturated rings. The monoisotopic (exact) mass is 349 g/mol. The van der Waals surface area contributed by atoms with Gasteiger partial charge in [0.2, 0.25) is 6.33 Å². The predicted octanol–water partition coefficient (Wildman–Crippen LogP) is 7.51. The Kier molecular flexibility index (Phi) is 14.8. The summed E-state index contributed by atoms with van der Waals surface area (Å²) in [6.45, 7) is 4.59. The lowest BCUT2D eigenvalue weighted by atomic mass is 10.0. The molecule has 0 spiro atoms. The second-order valence-corrected chi connectivity index (χ2v) is 7.89. The van der Waals surface area contributed by atoms with Crippen molar-refractivity contribution in [3.63, 3.8) is 0 Å². The molecule has 0 radical (unpaired) electrons. The van der Waals surface area contributed by atoms with Gasteiger partial charge in [-0.2, -0.15) is 0 Å². The van der Waals surface area contributed by atoms with Gasteiger partial charge in [0.15, 0.2) is 0 Å². The Morgan fingerprint density at radius 3 is 1.56 bits per heavy atom. The molecule has 1 atom stereocenters. The minimum atomic E-state index is 0.709. The smallest absolute Gasteiger partial charge is 0.241 e. The van der Waals surface area contributed by atoms with Crippen LogP contribution in [0.1, 0.15) is 129 Å². The molecule has 1 unspecified atom stereocenters. The highest BCUT2D eigenvalue weighted by molar-refractivity contribution is 4.61. The molecule has 1 aromatic rings. The van der Waals surface area contributed by atoms with Crippen LogP contribution in [0.4, 0.5) is 0 Å². The van der Waals surface area contributed by atoms with Crippen LogP contribution in [0.25, 0.3) is 0 Å². The minimum Gasteiger partial charge on any atom is -0.250 e. The van der Waals surface area contributed by atoms with Crippen molar-refractivity contribution in [1.82, 2.24) is 4.98 Å². The molecule has 1 rings (SSSR count). The summed E-state index contributed by atoms with van der Waals surface area (Å²) in [5.41, 5.74) is 0. The van der Waals surface area contributed by atoms with E-state index in [1.165, 1.54) is 109 Å². The zero-order chi connectivity index (χ0) is 18.0. The summed E-state index contributed by atoms with van der Waals surface area (Å²) in [6, 6.07) is 0.709. The molecule has 25 heavy (non-hydrogen) atoms. The predicted molar refractivity (Wildman–Crippen MR) is 110 cm³/mol. The fourth-order valence-corrected chi connectivity index (χ4v) is 3.82. The molecular formula is C23H45N2+. The van der Waals surface area contributed by atoms with Crippen molar-refractivity contribution >= 4 is 0 Å². The van der Waals surface area contributed by atoms with Gasteiger partial charge >= 0.3 is 0 Å². The second kappa shape index (κ2) is 16.7. The third-order valence-corrected chi connectivity index (χ3v) is 5.52. The Bertz CT molecular complexity index is 358. The van der Waals surface area contributed by atoms with Crippen LogP contribution in [0, 0.1) is 0 Å². The Hall–Kier alpha value is -0.790. The lowest BCUT2D eigenvalue weighted by molar-refractivity contribution is -0.723. The van der Waals surface area contributed by atoms with E-state index >= 15 is 0 Å². The molecule has 0 bridgehead atoms. The van der Waals surface area contributed by atoms with Crippen LogP contribution in [0.2, 0.25) is 0 Å². The molecule has 2 nitrogen and oxygen atoms in total. The summed E-state index contributed by atoms with van der Waals surface area (Å²) >= 11 is 0. The maximum Gasteiger partial charge on any atom is 0.241 e. The van der Waals surface area contributed by atoms with Crippen LogP contribution >= 0.6 is 0 Å². The van der Waals surface area contributed by atoms with Gasteiger partial charge in [0.05, 0.1) is 0 Å². The molecule has 0 amide bonds. The summed E-state index contributed by atoms with van der Waals surface area (Å²) in [6.07, 6.45) is 30.4. The lowest BCUT2D eigenvalue weighted by Crippen LogP contribution is -2.37. The van der Waals surface area contributed by atoms with Gasteiger partial charge in [-0.05, 0) is 25.7 Å². The van der Waals surface area contributed by atoms with Crippen molar-refractivity contribution in [2.75, 3.05) is 0 Å². The Labute approximate surface area is 157 Å². The number of hydrogen-bond donors (Lipinski definition) is 1. The van der Waals surface area contributed by atoms with Gasteiger partial charge < -0.3 is 0 Å². The third kappa shape index (κ3) is 12.2. The molecular weight excluding hydrogens is 304 g/mol. The van der Waals surface area contributed by atoms with E-state index in [2.05, 4.69) is 42.1 Å². The van der Waals surface area contributed by atoms with Gasteiger partial charge in [0, 0.05) is 0 Å². The zero-order valence-corrected chi connectivity index (χ0v) is 17.3. The molecule has 0 saturated carbocycles. The van der Waals surface area contributed by atoms with E-state index in [1.54, 1.807) is 0 Å². The van der Waals surface area contributed by atoms with E-state index in [9.17, 15) is 0 Å². The molecule has 1 aromatic heterocycles. The first-order chi connectivity index (χ1) is 12.4. The zero-order valence-electron chi connectivity index (χ0n) is 17.3. The third-order valence-electron chi connectivity index (χ3n) is 5.52. The number of imidazole rings is 1. The van der Waals surface area contributed by atoms with Crippen molar-refractivity contribution in [3.05, 3.63) is 18.7 Å². The van der Waals surface area contributed by atoms with Crippen molar-refractivity contribution in [1.29, 1.82) is 0 Å². The topological polar surface area (TPSA) is 19.7 Å². The first-order valence-electron chi connectivity index (χ1n) is 11.4. The minimum absolute atomic E-state index is 0.709. The summed E-state index contributed by atoms with van der Waals surface area (Å²) in [5, 5.41) is 0. The van der Waals surface area contributed by atoms with Crippen LogP contribution < -0.4 is 4.57 Å². The molecule has 0 saturated heterocycles. The first kappa shape index (κ1) is 22.3. The van der Waals surface area contributed by atoms with Gasteiger partial charge in [-0.1, -0.05) is 97.3 Å². The number of H-pyrrole nitrogens is 1. The average molecular weight is 350 g/mol. The Morgan fingerprint density at radius 1 is 0.640 bits per heavy atom. The second-order valence-electron chi connectivity index (χ2n) is 7.89. The van der Waals surface area contributed by atoms with Crippen molar-refractivity contribution in [3.8, 4) is 0 Å². The van der Waals surface area contributed by atoms with E-state index in [0.717, 1.165) is 0 Å². The normalized spacial score (nSPS) is 12.6. The highest BCUT2D eigenvalue weighted by Crippen LogP contribution is 2.19. The van der Waals surface area contributed by atoms with Crippen molar-refractivity contribution in [2.45, 2.75) is 129 Å². The fraction of sp³-hybridized carbons (Fsp3) is 0.870. The van der Waals surface area contributed by atoms with Gasteiger partial charge in [-0.25, -0.2) is 4.57 Å². The highest BCUT2D eigenvalue weighted by atomic mass is 15.0. The maximum absolute atomic E-state index is 3.21. The van der Waals surface area contributed by atoms with Crippen LogP contribution in [0.3, 0.4) is 0 Å². The molecule has 0 aliphatic heterocycles. The van der Waals surface area contributed by atoms with Gasteiger partial charge in [0.1, 0.15) is 18.4 Å². The van der Waals surface area contributed by atoms with E-state index < -0.39 is 0 Å². The molecule has 1 heterocycles. The molecule has 146 valence electrons. The molecule has 0 aromatic carbocycles. The summed E-state index contributed by atoms with van der Waals surface area (Å²) in [4.78, 5) is 3.21. The average Bonchev–Trinajstić information content (AvgIpc) is 3.15. The van der Waals surface area contributed by atoms with E-state index in [4.69, 9.17) is 0 Å². The highest BCUT2D eigenvalue weighted by Gasteiger charge is 2.14. The first-order valence-corrected chi connectivity index (χ1v) is 11.4. The number of nitrogens with one attached hydrogen (secondary N) is 1. The molecule has 0 aliphatic rings. The Balaban J connectivity index is 1.97. The quantitative estimate of drug-likeness (QED) is 0.209. The van der Waals surface area contributed by atoms with Crippen molar-refractivity contribution < 1.29 is 4.57 Å². The SMILES string of the molecule is CCCCCCCCCCCCCCC(CCCCC)[n+]1cc[nH]c1. The van der Waals surface area contributed by atoms with E-state index in [1.807, 2.05) is 0 Å². The standard InChI is InChI=1S/C23H44N2/c1-3-5-7-8-9-10-11-12-13-14-15-17-19-23(18-16-6-4-2)25-21-20-24-22-25/h20-23H,3-19H2,1-2H3/p+1. The molecule has 2 heteroatoms. The van der Waals surface area contributed by atoms with Crippen molar-refractivity contribution in [2.24, 2.45) is 0 Å². The summed E-state index contributed by atoms with van der Waals surface area (Å²) in [5.74, 6) is 0. The van der Waals surface area contributed by atoms with Gasteiger partial charge in [-0.3, -0.25) is 4.98 Å². The van der Waals surface area contributed by atoms with Crippen LogP contribution in [-0.4, -0.2) is 4.98 Å². The number of nitrogens with zero attached hydrogens (tertiary/aromatic N) is 1. The number of rotatable bonds is 18. The van der Waals surface area contributed by atoms with E-state index in [-0.39, 0.29) is 0 Å². The number of hydrogen-bond acceptors (Lipinski definition) is 0. The molecule has 0 aliphatic carbocycles. The number of unbranched alkanes of at least 4 members (excludes halogenated alkanes) is 13.